The Morgan fingerprint density at radius 2 is 1.65 bits per heavy atom. The number of aromatic carboxylic acids is 1. The Morgan fingerprint density at radius 1 is 0.968 bits per heavy atom. The molecule has 31 heavy (non-hydrogen) atoms. The van der Waals surface area contributed by atoms with Crippen LogP contribution in [-0.2, 0) is 0 Å². The van der Waals surface area contributed by atoms with E-state index in [0.29, 0.717) is 29.2 Å². The summed E-state index contributed by atoms with van der Waals surface area (Å²) in [4.78, 5) is 25.6. The number of anilines is 3. The number of hydrogen-bond acceptors (Lipinski definition) is 5. The van der Waals surface area contributed by atoms with Gasteiger partial charge in [0.25, 0.3) is 5.91 Å². The quantitative estimate of drug-likeness (QED) is 0.526. The average Bonchev–Trinajstić information content (AvgIpc) is 3.24. The monoisotopic (exact) mass is 417 g/mol. The maximum Gasteiger partial charge on any atom is 0.335 e. The molecule has 3 aromatic rings. The van der Waals surface area contributed by atoms with Crippen LogP contribution in [-0.4, -0.2) is 36.2 Å². The Kier molecular flexibility index (Phi) is 5.75. The molecule has 7 heteroatoms. The smallest absolute Gasteiger partial charge is 0.335 e. The fraction of sp³-hybridized carbons (Fsp3) is 0.167. The number of nitrogen functional groups attached to an aromatic ring is 1. The van der Waals surface area contributed by atoms with Gasteiger partial charge in [-0.05, 0) is 60.7 Å². The van der Waals surface area contributed by atoms with Crippen molar-refractivity contribution in [1.29, 1.82) is 0 Å². The maximum absolute atomic E-state index is 12.5. The van der Waals surface area contributed by atoms with Gasteiger partial charge in [0.05, 0.1) is 23.5 Å². The van der Waals surface area contributed by atoms with E-state index in [9.17, 15) is 9.59 Å². The summed E-state index contributed by atoms with van der Waals surface area (Å²) in [6.45, 7) is 1.55. The van der Waals surface area contributed by atoms with Crippen LogP contribution in [0.4, 0.5) is 17.1 Å². The fourth-order valence-corrected chi connectivity index (χ4v) is 3.56. The molecule has 1 saturated heterocycles. The first-order chi connectivity index (χ1) is 15.0. The van der Waals surface area contributed by atoms with Gasteiger partial charge in [0.2, 0.25) is 0 Å². The number of carboxylic acid groups (broad SMARTS) is 1. The molecule has 4 N–H and O–H groups in total. The van der Waals surface area contributed by atoms with Crippen LogP contribution in [0.5, 0.6) is 5.75 Å². The molecule has 1 amide bonds. The molecule has 1 atom stereocenters. The number of nitrogens with two attached hydrogens (primary N) is 1. The van der Waals surface area contributed by atoms with Crippen LogP contribution >= 0.6 is 0 Å². The van der Waals surface area contributed by atoms with E-state index in [1.54, 1.807) is 36.4 Å². The second-order valence-electron chi connectivity index (χ2n) is 7.39. The lowest BCUT2D eigenvalue weighted by Gasteiger charge is -2.19. The third kappa shape index (κ3) is 4.78. The van der Waals surface area contributed by atoms with Crippen LogP contribution in [0.3, 0.4) is 0 Å². The molecule has 3 aromatic carbocycles. The lowest BCUT2D eigenvalue weighted by atomic mass is 10.1. The number of nitrogens with zero attached hydrogens (tertiary/aromatic N) is 1. The molecule has 158 valence electrons. The van der Waals surface area contributed by atoms with Crippen LogP contribution < -0.4 is 20.7 Å². The van der Waals surface area contributed by atoms with Crippen molar-refractivity contribution in [2.75, 3.05) is 29.0 Å². The SMILES string of the molecule is Nc1ccccc1NC(=O)c1ccc(N2CC[C@H](Oc3ccc(C(=O)O)cc3)C2)cc1. The molecule has 1 fully saturated rings. The highest BCUT2D eigenvalue weighted by atomic mass is 16.5. The van der Waals surface area contributed by atoms with E-state index >= 15 is 0 Å². The van der Waals surface area contributed by atoms with E-state index < -0.39 is 5.97 Å². The number of hydrogen-bond donors (Lipinski definition) is 3. The molecule has 0 radical (unpaired) electrons. The van der Waals surface area contributed by atoms with E-state index in [1.165, 1.54) is 12.1 Å². The standard InChI is InChI=1S/C24H23N3O4/c25-21-3-1-2-4-22(21)26-23(28)16-5-9-18(10-6-16)27-14-13-20(15-27)31-19-11-7-17(8-12-19)24(29)30/h1-12,20H,13-15,25H2,(H,26,28)(H,29,30)/t20-/m0/s1. The first-order valence-corrected chi connectivity index (χ1v) is 10.0. The predicted octanol–water partition coefficient (Wildman–Crippen LogP) is 3.88. The largest absolute Gasteiger partial charge is 0.489 e. The summed E-state index contributed by atoms with van der Waals surface area (Å²) in [6.07, 6.45) is 0.871. The summed E-state index contributed by atoms with van der Waals surface area (Å²) in [5, 5.41) is 11.8. The van der Waals surface area contributed by atoms with Crippen molar-refractivity contribution < 1.29 is 19.4 Å². The van der Waals surface area contributed by atoms with Crippen molar-refractivity contribution in [2.24, 2.45) is 0 Å². The van der Waals surface area contributed by atoms with Crippen molar-refractivity contribution in [1.82, 2.24) is 0 Å². The lowest BCUT2D eigenvalue weighted by molar-refractivity contribution is 0.0696. The number of para-hydroxylation sites is 2. The van der Waals surface area contributed by atoms with E-state index in [2.05, 4.69) is 10.2 Å². The molecule has 7 nitrogen and oxygen atoms in total. The number of rotatable bonds is 6. The lowest BCUT2D eigenvalue weighted by Crippen LogP contribution is -2.24. The zero-order valence-electron chi connectivity index (χ0n) is 16.8. The predicted molar refractivity (Wildman–Crippen MR) is 120 cm³/mol. The Hall–Kier alpha value is -4.00. The summed E-state index contributed by atoms with van der Waals surface area (Å²) >= 11 is 0. The van der Waals surface area contributed by atoms with Crippen LogP contribution in [0, 0.1) is 0 Å². The van der Waals surface area contributed by atoms with Gasteiger partial charge in [-0.15, -0.1) is 0 Å². The van der Waals surface area contributed by atoms with Crippen molar-refractivity contribution >= 4 is 28.9 Å². The third-order valence-electron chi connectivity index (χ3n) is 5.25. The molecule has 1 heterocycles. The van der Waals surface area contributed by atoms with Gasteiger partial charge >= 0.3 is 5.97 Å². The molecule has 0 unspecified atom stereocenters. The van der Waals surface area contributed by atoms with Gasteiger partial charge in [0.1, 0.15) is 11.9 Å². The number of ether oxygens (including phenoxy) is 1. The zero-order chi connectivity index (χ0) is 21.8. The second kappa shape index (κ2) is 8.79. The molecule has 4 rings (SSSR count). The zero-order valence-corrected chi connectivity index (χ0v) is 16.8. The van der Waals surface area contributed by atoms with Gasteiger partial charge in [-0.1, -0.05) is 12.1 Å². The molecule has 0 bridgehead atoms. The summed E-state index contributed by atoms with van der Waals surface area (Å²) in [5.74, 6) is -0.510. The van der Waals surface area contributed by atoms with Crippen molar-refractivity contribution in [3.63, 3.8) is 0 Å². The second-order valence-corrected chi connectivity index (χ2v) is 7.39. The Morgan fingerprint density at radius 3 is 2.32 bits per heavy atom. The van der Waals surface area contributed by atoms with E-state index in [1.807, 2.05) is 24.3 Å². The molecular weight excluding hydrogens is 394 g/mol. The average molecular weight is 417 g/mol. The minimum absolute atomic E-state index is 0.0136. The summed E-state index contributed by atoms with van der Waals surface area (Å²) in [6, 6.07) is 21.0. The van der Waals surface area contributed by atoms with Gasteiger partial charge in [-0.2, -0.15) is 0 Å². The summed E-state index contributed by atoms with van der Waals surface area (Å²) in [5.41, 5.74) is 8.80. The Labute approximate surface area is 180 Å². The first kappa shape index (κ1) is 20.3. The van der Waals surface area contributed by atoms with Gasteiger partial charge in [0, 0.05) is 24.2 Å². The Balaban J connectivity index is 1.34. The highest BCUT2D eigenvalue weighted by Crippen LogP contribution is 2.25. The number of nitrogens with one attached hydrogen (secondary N) is 1. The topological polar surface area (TPSA) is 105 Å². The van der Waals surface area contributed by atoms with Crippen LogP contribution in [0.2, 0.25) is 0 Å². The van der Waals surface area contributed by atoms with Crippen molar-refractivity contribution in [3.05, 3.63) is 83.9 Å². The number of amides is 1. The Bertz CT molecular complexity index is 1080. The fourth-order valence-electron chi connectivity index (χ4n) is 3.56. The summed E-state index contributed by atoms with van der Waals surface area (Å²) < 4.78 is 5.99. The molecule has 0 spiro atoms. The number of carbonyl (C=O) groups excluding carboxylic acids is 1. The minimum atomic E-state index is -0.956. The van der Waals surface area contributed by atoms with Gasteiger partial charge < -0.3 is 25.8 Å². The van der Waals surface area contributed by atoms with Crippen LogP contribution in [0.25, 0.3) is 0 Å². The highest BCUT2D eigenvalue weighted by Gasteiger charge is 2.24. The minimum Gasteiger partial charge on any atom is -0.489 e. The third-order valence-corrected chi connectivity index (χ3v) is 5.25. The van der Waals surface area contributed by atoms with Crippen molar-refractivity contribution in [3.8, 4) is 5.75 Å². The van der Waals surface area contributed by atoms with Gasteiger partial charge in [0.15, 0.2) is 0 Å². The maximum atomic E-state index is 12.5. The van der Waals surface area contributed by atoms with Gasteiger partial charge in [-0.3, -0.25) is 4.79 Å². The molecule has 1 aliphatic heterocycles. The van der Waals surface area contributed by atoms with Gasteiger partial charge in [-0.25, -0.2) is 4.79 Å². The van der Waals surface area contributed by atoms with E-state index in [0.717, 1.165) is 18.7 Å². The molecule has 0 saturated carbocycles. The normalized spacial score (nSPS) is 15.5. The number of benzene rings is 3. The first-order valence-electron chi connectivity index (χ1n) is 10.0. The van der Waals surface area contributed by atoms with E-state index in [-0.39, 0.29) is 17.6 Å². The molecule has 0 aromatic heterocycles. The van der Waals surface area contributed by atoms with Crippen LogP contribution in [0.15, 0.2) is 72.8 Å². The molecule has 1 aliphatic rings. The molecule has 0 aliphatic carbocycles. The van der Waals surface area contributed by atoms with E-state index in [4.69, 9.17) is 15.6 Å². The highest BCUT2D eigenvalue weighted by molar-refractivity contribution is 6.05. The summed E-state index contributed by atoms with van der Waals surface area (Å²) in [7, 11) is 0. The number of carboxylic acids is 1. The van der Waals surface area contributed by atoms with Crippen LogP contribution in [0.1, 0.15) is 27.1 Å². The van der Waals surface area contributed by atoms with Crippen molar-refractivity contribution in [2.45, 2.75) is 12.5 Å². The number of carbonyl (C=O) groups is 2. The molecular formula is C24H23N3O4.